The topological polar surface area (TPSA) is 58.6 Å². The molecule has 0 saturated carbocycles. The van der Waals surface area contributed by atoms with E-state index in [1.165, 1.54) is 0 Å². The molecule has 0 aliphatic heterocycles. The molecule has 4 heteroatoms. The number of amides is 1. The van der Waals surface area contributed by atoms with E-state index in [4.69, 9.17) is 9.84 Å². The number of aliphatic hydroxyl groups is 1. The van der Waals surface area contributed by atoms with Gasteiger partial charge in [-0.15, -0.1) is 0 Å². The molecular formula is C14H21NO3. The molecule has 1 rings (SSSR count). The Morgan fingerprint density at radius 3 is 2.83 bits per heavy atom. The molecule has 0 heterocycles. The number of carbonyl (C=O) groups excluding carboxylic acids is 1. The second-order valence-corrected chi connectivity index (χ2v) is 4.52. The standard InChI is InChI=1S/C14H21NO3/c1-10-4-5-11(2)13(8-10)18-7-6-14(17)15-12(3)9-16/h4-5,8,12,16H,6-7,9H2,1-3H3,(H,15,17). The van der Waals surface area contributed by atoms with E-state index in [0.29, 0.717) is 6.61 Å². The number of carbonyl (C=O) groups is 1. The molecule has 18 heavy (non-hydrogen) atoms. The zero-order chi connectivity index (χ0) is 13.5. The Balaban J connectivity index is 2.37. The lowest BCUT2D eigenvalue weighted by atomic mass is 10.1. The Labute approximate surface area is 108 Å². The van der Waals surface area contributed by atoms with Crippen LogP contribution in [-0.2, 0) is 4.79 Å². The first-order chi connectivity index (χ1) is 8.52. The van der Waals surface area contributed by atoms with Crippen molar-refractivity contribution in [3.05, 3.63) is 29.3 Å². The maximum atomic E-state index is 11.5. The second kappa shape index (κ2) is 7.01. The summed E-state index contributed by atoms with van der Waals surface area (Å²) < 4.78 is 5.58. The molecule has 0 aliphatic rings. The molecule has 0 aliphatic carbocycles. The van der Waals surface area contributed by atoms with E-state index in [2.05, 4.69) is 5.32 Å². The van der Waals surface area contributed by atoms with E-state index in [0.717, 1.165) is 16.9 Å². The van der Waals surface area contributed by atoms with Crippen molar-refractivity contribution in [3.63, 3.8) is 0 Å². The first-order valence-electron chi connectivity index (χ1n) is 6.13. The molecule has 1 unspecified atom stereocenters. The number of aliphatic hydroxyl groups excluding tert-OH is 1. The highest BCUT2D eigenvalue weighted by Crippen LogP contribution is 2.19. The normalized spacial score (nSPS) is 12.0. The van der Waals surface area contributed by atoms with E-state index in [-0.39, 0.29) is 25.0 Å². The van der Waals surface area contributed by atoms with Crippen molar-refractivity contribution in [2.24, 2.45) is 0 Å². The predicted molar refractivity (Wildman–Crippen MR) is 70.7 cm³/mol. The summed E-state index contributed by atoms with van der Waals surface area (Å²) in [7, 11) is 0. The van der Waals surface area contributed by atoms with Gasteiger partial charge in [-0.3, -0.25) is 4.79 Å². The summed E-state index contributed by atoms with van der Waals surface area (Å²) in [6.45, 7) is 6.02. The average Bonchev–Trinajstić information content (AvgIpc) is 2.33. The van der Waals surface area contributed by atoms with Gasteiger partial charge in [0.25, 0.3) is 0 Å². The number of ether oxygens (including phenoxy) is 1. The van der Waals surface area contributed by atoms with Crippen molar-refractivity contribution in [1.82, 2.24) is 5.32 Å². The maximum Gasteiger partial charge on any atom is 0.223 e. The van der Waals surface area contributed by atoms with Crippen LogP contribution < -0.4 is 10.1 Å². The smallest absolute Gasteiger partial charge is 0.223 e. The minimum Gasteiger partial charge on any atom is -0.493 e. The maximum absolute atomic E-state index is 11.5. The summed E-state index contributed by atoms with van der Waals surface area (Å²) in [5, 5.41) is 11.5. The van der Waals surface area contributed by atoms with Crippen LogP contribution in [0.3, 0.4) is 0 Å². The molecule has 0 bridgehead atoms. The third-order valence-corrected chi connectivity index (χ3v) is 2.61. The van der Waals surface area contributed by atoms with Gasteiger partial charge in [0.15, 0.2) is 0 Å². The van der Waals surface area contributed by atoms with Crippen LogP contribution in [0.15, 0.2) is 18.2 Å². The Morgan fingerprint density at radius 1 is 1.44 bits per heavy atom. The van der Waals surface area contributed by atoms with Crippen molar-refractivity contribution in [1.29, 1.82) is 0 Å². The first-order valence-corrected chi connectivity index (χ1v) is 6.13. The van der Waals surface area contributed by atoms with Crippen LogP contribution in [0.2, 0.25) is 0 Å². The Hall–Kier alpha value is -1.55. The van der Waals surface area contributed by atoms with Gasteiger partial charge in [0.05, 0.1) is 19.6 Å². The van der Waals surface area contributed by atoms with Crippen LogP contribution in [0, 0.1) is 13.8 Å². The average molecular weight is 251 g/mol. The van der Waals surface area contributed by atoms with Crippen LogP contribution in [0.1, 0.15) is 24.5 Å². The van der Waals surface area contributed by atoms with Gasteiger partial charge in [-0.05, 0) is 38.0 Å². The molecule has 100 valence electrons. The molecule has 0 aromatic heterocycles. The van der Waals surface area contributed by atoms with Crippen LogP contribution in [-0.4, -0.2) is 30.3 Å². The number of rotatable bonds is 6. The van der Waals surface area contributed by atoms with E-state index in [9.17, 15) is 4.79 Å². The summed E-state index contributed by atoms with van der Waals surface area (Å²) in [4.78, 5) is 11.5. The Morgan fingerprint density at radius 2 is 2.17 bits per heavy atom. The largest absolute Gasteiger partial charge is 0.493 e. The van der Waals surface area contributed by atoms with Crippen LogP contribution in [0.25, 0.3) is 0 Å². The minimum absolute atomic E-state index is 0.0520. The van der Waals surface area contributed by atoms with Crippen LogP contribution in [0.4, 0.5) is 0 Å². The monoisotopic (exact) mass is 251 g/mol. The van der Waals surface area contributed by atoms with Gasteiger partial charge in [-0.25, -0.2) is 0 Å². The lowest BCUT2D eigenvalue weighted by molar-refractivity contribution is -0.122. The molecule has 1 aromatic rings. The first kappa shape index (κ1) is 14.5. The minimum atomic E-state index is -0.210. The number of aryl methyl sites for hydroxylation is 2. The van der Waals surface area contributed by atoms with Gasteiger partial charge in [0, 0.05) is 6.04 Å². The molecule has 1 amide bonds. The van der Waals surface area contributed by atoms with Crippen molar-refractivity contribution in [2.75, 3.05) is 13.2 Å². The van der Waals surface area contributed by atoms with Crippen molar-refractivity contribution in [2.45, 2.75) is 33.2 Å². The Kier molecular flexibility index (Phi) is 5.65. The van der Waals surface area contributed by atoms with Gasteiger partial charge in [-0.1, -0.05) is 12.1 Å². The summed E-state index contributed by atoms with van der Waals surface area (Å²) >= 11 is 0. The fraction of sp³-hybridized carbons (Fsp3) is 0.500. The van der Waals surface area contributed by atoms with Crippen molar-refractivity contribution in [3.8, 4) is 5.75 Å². The molecule has 0 radical (unpaired) electrons. The van der Waals surface area contributed by atoms with Gasteiger partial charge in [-0.2, -0.15) is 0 Å². The van der Waals surface area contributed by atoms with Gasteiger partial charge in [0.2, 0.25) is 5.91 Å². The molecule has 1 aromatic carbocycles. The van der Waals surface area contributed by atoms with Crippen molar-refractivity contribution >= 4 is 5.91 Å². The highest BCUT2D eigenvalue weighted by Gasteiger charge is 2.07. The molecular weight excluding hydrogens is 230 g/mol. The summed E-state index contributed by atoms with van der Waals surface area (Å²) in [5.41, 5.74) is 2.19. The molecule has 0 spiro atoms. The number of hydrogen-bond acceptors (Lipinski definition) is 3. The van der Waals surface area contributed by atoms with Gasteiger partial charge < -0.3 is 15.2 Å². The fourth-order valence-electron chi connectivity index (χ4n) is 1.51. The quantitative estimate of drug-likeness (QED) is 0.807. The highest BCUT2D eigenvalue weighted by atomic mass is 16.5. The molecule has 0 fully saturated rings. The van der Waals surface area contributed by atoms with Gasteiger partial charge in [0.1, 0.15) is 5.75 Å². The van der Waals surface area contributed by atoms with Gasteiger partial charge >= 0.3 is 0 Å². The lowest BCUT2D eigenvalue weighted by Crippen LogP contribution is -2.35. The SMILES string of the molecule is Cc1ccc(C)c(OCCC(=O)NC(C)CO)c1. The molecule has 2 N–H and O–H groups in total. The molecule has 0 saturated heterocycles. The van der Waals surface area contributed by atoms with E-state index >= 15 is 0 Å². The molecule has 4 nitrogen and oxygen atoms in total. The number of benzene rings is 1. The fourth-order valence-corrected chi connectivity index (χ4v) is 1.51. The van der Waals surface area contributed by atoms with E-state index < -0.39 is 0 Å². The second-order valence-electron chi connectivity index (χ2n) is 4.52. The van der Waals surface area contributed by atoms with E-state index in [1.54, 1.807) is 6.92 Å². The lowest BCUT2D eigenvalue weighted by Gasteiger charge is -2.12. The number of hydrogen-bond donors (Lipinski definition) is 2. The third kappa shape index (κ3) is 4.75. The van der Waals surface area contributed by atoms with E-state index in [1.807, 2.05) is 32.0 Å². The molecule has 1 atom stereocenters. The van der Waals surface area contributed by atoms with Crippen LogP contribution in [0.5, 0.6) is 5.75 Å². The Bertz CT molecular complexity index is 404. The summed E-state index contributed by atoms with van der Waals surface area (Å²) in [5.74, 6) is 0.708. The van der Waals surface area contributed by atoms with Crippen LogP contribution >= 0.6 is 0 Å². The summed E-state index contributed by atoms with van der Waals surface area (Å²) in [6, 6.07) is 5.78. The third-order valence-electron chi connectivity index (χ3n) is 2.61. The summed E-state index contributed by atoms with van der Waals surface area (Å²) in [6.07, 6.45) is 0.289. The zero-order valence-corrected chi connectivity index (χ0v) is 11.2. The van der Waals surface area contributed by atoms with Crippen molar-refractivity contribution < 1.29 is 14.6 Å². The predicted octanol–water partition coefficient (Wildman–Crippen LogP) is 1.57. The zero-order valence-electron chi connectivity index (χ0n) is 11.2. The highest BCUT2D eigenvalue weighted by molar-refractivity contribution is 5.76. The number of nitrogens with one attached hydrogen (secondary N) is 1.